The zero-order valence-electron chi connectivity index (χ0n) is 10.8. The summed E-state index contributed by atoms with van der Waals surface area (Å²) in [5, 5.41) is 10.5. The number of nitro benzene ring substituents is 1. The first-order valence-corrected chi connectivity index (χ1v) is 5.60. The number of benzene rings is 1. The van der Waals surface area contributed by atoms with Crippen molar-refractivity contribution in [3.05, 3.63) is 39.7 Å². The second-order valence-corrected chi connectivity index (χ2v) is 3.68. The number of methoxy groups -OCH3 is 1. The highest BCUT2D eigenvalue weighted by atomic mass is 19.1. The van der Waals surface area contributed by atoms with Gasteiger partial charge in [0.2, 0.25) is 5.82 Å². The maximum atomic E-state index is 13.5. The second kappa shape index (κ2) is 6.60. The molecule has 1 atom stereocenters. The molecule has 0 saturated heterocycles. The van der Waals surface area contributed by atoms with Gasteiger partial charge >= 0.3 is 17.6 Å². The maximum Gasteiger partial charge on any atom is 0.324 e. The lowest BCUT2D eigenvalue weighted by atomic mass is 9.99. The molecular formula is C12H12FNO6. The summed E-state index contributed by atoms with van der Waals surface area (Å²) in [5.74, 6) is -4.47. The molecule has 1 unspecified atom stereocenters. The zero-order chi connectivity index (χ0) is 15.3. The fraction of sp³-hybridized carbons (Fsp3) is 0.333. The minimum atomic E-state index is -1.48. The van der Waals surface area contributed by atoms with E-state index in [1.54, 1.807) is 6.92 Å². The summed E-state index contributed by atoms with van der Waals surface area (Å²) in [4.78, 5) is 32.9. The van der Waals surface area contributed by atoms with Crippen LogP contribution in [0, 0.1) is 15.9 Å². The minimum absolute atomic E-state index is 0.0296. The van der Waals surface area contributed by atoms with Crippen molar-refractivity contribution in [3.63, 3.8) is 0 Å². The molecular weight excluding hydrogens is 273 g/mol. The second-order valence-electron chi connectivity index (χ2n) is 3.68. The molecule has 1 aromatic carbocycles. The number of nitrogens with zero attached hydrogens (tertiary/aromatic N) is 1. The fourth-order valence-corrected chi connectivity index (χ4v) is 1.56. The molecule has 0 heterocycles. The Morgan fingerprint density at radius 1 is 1.40 bits per heavy atom. The van der Waals surface area contributed by atoms with Gasteiger partial charge in [-0.05, 0) is 18.6 Å². The number of hydrogen-bond donors (Lipinski definition) is 0. The Hall–Kier alpha value is -2.51. The average molecular weight is 285 g/mol. The van der Waals surface area contributed by atoms with Crippen molar-refractivity contribution in [3.8, 4) is 0 Å². The molecule has 0 aliphatic rings. The molecule has 20 heavy (non-hydrogen) atoms. The van der Waals surface area contributed by atoms with Crippen molar-refractivity contribution < 1.29 is 28.4 Å². The number of carbonyl (C=O) groups excluding carboxylic acids is 2. The van der Waals surface area contributed by atoms with Crippen LogP contribution < -0.4 is 0 Å². The molecule has 108 valence electrons. The highest BCUT2D eigenvalue weighted by Crippen LogP contribution is 2.25. The maximum absolute atomic E-state index is 13.5. The normalized spacial score (nSPS) is 11.6. The predicted molar refractivity (Wildman–Crippen MR) is 64.4 cm³/mol. The van der Waals surface area contributed by atoms with E-state index in [0.717, 1.165) is 25.3 Å². The van der Waals surface area contributed by atoms with Gasteiger partial charge in [-0.25, -0.2) is 0 Å². The van der Waals surface area contributed by atoms with Crippen LogP contribution in [0.25, 0.3) is 0 Å². The highest BCUT2D eigenvalue weighted by molar-refractivity contribution is 6.00. The number of ether oxygens (including phenoxy) is 2. The van der Waals surface area contributed by atoms with Gasteiger partial charge in [-0.1, -0.05) is 6.07 Å². The molecule has 0 N–H and O–H groups in total. The van der Waals surface area contributed by atoms with E-state index in [4.69, 9.17) is 4.74 Å². The molecule has 0 aliphatic carbocycles. The van der Waals surface area contributed by atoms with Crippen LogP contribution in [-0.4, -0.2) is 30.6 Å². The quantitative estimate of drug-likeness (QED) is 0.352. The van der Waals surface area contributed by atoms with Crippen molar-refractivity contribution in [2.24, 2.45) is 0 Å². The van der Waals surface area contributed by atoms with Gasteiger partial charge in [0.05, 0.1) is 18.6 Å². The number of esters is 2. The Bertz CT molecular complexity index is 545. The smallest absolute Gasteiger partial charge is 0.324 e. The Kier molecular flexibility index (Phi) is 5.13. The SMILES string of the molecule is CCOC(=O)C(C(=O)OC)c1ccc([N+](=O)[O-])c(F)c1. The van der Waals surface area contributed by atoms with E-state index in [1.807, 2.05) is 0 Å². The molecule has 7 nitrogen and oxygen atoms in total. The zero-order valence-corrected chi connectivity index (χ0v) is 10.8. The first-order valence-electron chi connectivity index (χ1n) is 5.60. The standard InChI is InChI=1S/C12H12FNO6/c1-3-20-12(16)10(11(15)19-2)7-4-5-9(14(17)18)8(13)6-7/h4-6,10H,3H2,1-2H3. The van der Waals surface area contributed by atoms with Crippen LogP contribution in [0.2, 0.25) is 0 Å². The molecule has 0 aromatic heterocycles. The molecule has 0 aliphatic heterocycles. The van der Waals surface area contributed by atoms with Crippen molar-refractivity contribution in [1.29, 1.82) is 0 Å². The first-order chi connectivity index (χ1) is 9.42. The third-order valence-corrected chi connectivity index (χ3v) is 2.46. The van der Waals surface area contributed by atoms with Crippen LogP contribution in [0.1, 0.15) is 18.4 Å². The molecule has 0 radical (unpaired) electrons. The van der Waals surface area contributed by atoms with Gasteiger partial charge in [0.15, 0.2) is 5.92 Å². The van der Waals surface area contributed by atoms with Gasteiger partial charge in [0, 0.05) is 6.07 Å². The van der Waals surface area contributed by atoms with E-state index < -0.39 is 34.3 Å². The summed E-state index contributed by atoms with van der Waals surface area (Å²) in [6.45, 7) is 1.57. The van der Waals surface area contributed by atoms with E-state index in [2.05, 4.69) is 4.74 Å². The third kappa shape index (κ3) is 3.28. The van der Waals surface area contributed by atoms with Gasteiger partial charge < -0.3 is 9.47 Å². The highest BCUT2D eigenvalue weighted by Gasteiger charge is 2.32. The number of rotatable bonds is 5. The summed E-state index contributed by atoms with van der Waals surface area (Å²) in [6.07, 6.45) is 0. The van der Waals surface area contributed by atoms with E-state index in [-0.39, 0.29) is 12.2 Å². The topological polar surface area (TPSA) is 95.7 Å². The van der Waals surface area contributed by atoms with Gasteiger partial charge in [-0.3, -0.25) is 19.7 Å². The van der Waals surface area contributed by atoms with Crippen LogP contribution in [0.3, 0.4) is 0 Å². The van der Waals surface area contributed by atoms with Crippen LogP contribution in [-0.2, 0) is 19.1 Å². The molecule has 0 bridgehead atoms. The largest absolute Gasteiger partial charge is 0.468 e. The number of carbonyl (C=O) groups is 2. The van der Waals surface area contributed by atoms with Crippen LogP contribution in [0.15, 0.2) is 18.2 Å². The predicted octanol–water partition coefficient (Wildman–Crippen LogP) is 1.55. The van der Waals surface area contributed by atoms with Crippen LogP contribution in [0.5, 0.6) is 0 Å². The average Bonchev–Trinajstić information content (AvgIpc) is 2.38. The fourth-order valence-electron chi connectivity index (χ4n) is 1.56. The third-order valence-electron chi connectivity index (χ3n) is 2.46. The van der Waals surface area contributed by atoms with E-state index in [9.17, 15) is 24.1 Å². The molecule has 8 heteroatoms. The first kappa shape index (κ1) is 15.5. The molecule has 1 aromatic rings. The van der Waals surface area contributed by atoms with Crippen LogP contribution in [0.4, 0.5) is 10.1 Å². The Morgan fingerprint density at radius 2 is 2.05 bits per heavy atom. The Labute approximate surface area is 113 Å². The van der Waals surface area contributed by atoms with Gasteiger partial charge in [-0.15, -0.1) is 0 Å². The minimum Gasteiger partial charge on any atom is -0.468 e. The number of hydrogen-bond acceptors (Lipinski definition) is 6. The lowest BCUT2D eigenvalue weighted by Gasteiger charge is -2.13. The van der Waals surface area contributed by atoms with Gasteiger partial charge in [-0.2, -0.15) is 4.39 Å². The lowest BCUT2D eigenvalue weighted by molar-refractivity contribution is -0.387. The van der Waals surface area contributed by atoms with E-state index in [0.29, 0.717) is 0 Å². The lowest BCUT2D eigenvalue weighted by Crippen LogP contribution is -2.25. The summed E-state index contributed by atoms with van der Waals surface area (Å²) >= 11 is 0. The molecule has 0 spiro atoms. The van der Waals surface area contributed by atoms with E-state index in [1.165, 1.54) is 0 Å². The Balaban J connectivity index is 3.21. The molecule has 1 rings (SSSR count). The summed E-state index contributed by atoms with van der Waals surface area (Å²) in [5.41, 5.74) is -0.820. The number of halogens is 1. The van der Waals surface area contributed by atoms with Crippen molar-refractivity contribution in [2.75, 3.05) is 13.7 Å². The van der Waals surface area contributed by atoms with E-state index >= 15 is 0 Å². The monoisotopic (exact) mass is 285 g/mol. The van der Waals surface area contributed by atoms with Crippen molar-refractivity contribution in [1.82, 2.24) is 0 Å². The van der Waals surface area contributed by atoms with Crippen molar-refractivity contribution in [2.45, 2.75) is 12.8 Å². The van der Waals surface area contributed by atoms with Gasteiger partial charge in [0.25, 0.3) is 0 Å². The van der Waals surface area contributed by atoms with Crippen LogP contribution >= 0.6 is 0 Å². The molecule has 0 saturated carbocycles. The molecule has 0 fully saturated rings. The summed E-state index contributed by atoms with van der Waals surface area (Å²) in [7, 11) is 1.07. The Morgan fingerprint density at radius 3 is 2.50 bits per heavy atom. The summed E-state index contributed by atoms with van der Waals surface area (Å²) < 4.78 is 22.7. The van der Waals surface area contributed by atoms with Gasteiger partial charge in [0.1, 0.15) is 0 Å². The summed E-state index contributed by atoms with van der Waals surface area (Å²) in [6, 6.07) is 2.73. The molecule has 0 amide bonds. The van der Waals surface area contributed by atoms with Crippen molar-refractivity contribution >= 4 is 17.6 Å². The number of nitro groups is 1.